The van der Waals surface area contributed by atoms with Crippen molar-refractivity contribution in [2.24, 2.45) is 0 Å². The summed E-state index contributed by atoms with van der Waals surface area (Å²) in [6.45, 7) is 1.92. The molecule has 4 heteroatoms. The molecule has 0 heterocycles. The Morgan fingerprint density at radius 1 is 1.10 bits per heavy atom. The molecule has 0 fully saturated rings. The summed E-state index contributed by atoms with van der Waals surface area (Å²) in [6.07, 6.45) is 0. The Labute approximate surface area is 124 Å². The fraction of sp³-hybridized carbons (Fsp3) is 0.235. The lowest BCUT2D eigenvalue weighted by molar-refractivity contribution is -0.123. The van der Waals surface area contributed by atoms with Gasteiger partial charge in [0, 0.05) is 6.07 Å². The van der Waals surface area contributed by atoms with Crippen LogP contribution in [0.2, 0.25) is 0 Å². The van der Waals surface area contributed by atoms with Crippen molar-refractivity contribution in [3.05, 3.63) is 60.2 Å². The van der Waals surface area contributed by atoms with Gasteiger partial charge in [0.15, 0.2) is 6.61 Å². The van der Waals surface area contributed by atoms with Crippen molar-refractivity contribution < 1.29 is 14.3 Å². The van der Waals surface area contributed by atoms with Crippen molar-refractivity contribution >= 4 is 5.91 Å². The molecule has 0 saturated heterocycles. The molecule has 0 aliphatic heterocycles. The first-order valence-electron chi connectivity index (χ1n) is 6.80. The molecule has 0 spiro atoms. The molecule has 4 nitrogen and oxygen atoms in total. The minimum Gasteiger partial charge on any atom is -0.497 e. The van der Waals surface area contributed by atoms with Crippen LogP contribution < -0.4 is 14.8 Å². The van der Waals surface area contributed by atoms with Gasteiger partial charge >= 0.3 is 0 Å². The Kier molecular flexibility index (Phi) is 5.21. The first-order valence-corrected chi connectivity index (χ1v) is 6.80. The maximum absolute atomic E-state index is 11.9. The van der Waals surface area contributed by atoms with Gasteiger partial charge in [0.2, 0.25) is 0 Å². The summed E-state index contributed by atoms with van der Waals surface area (Å²) in [6, 6.07) is 16.9. The smallest absolute Gasteiger partial charge is 0.258 e. The Balaban J connectivity index is 1.84. The van der Waals surface area contributed by atoms with E-state index in [9.17, 15) is 4.79 Å². The number of methoxy groups -OCH3 is 1. The van der Waals surface area contributed by atoms with Gasteiger partial charge in [0.1, 0.15) is 11.5 Å². The Morgan fingerprint density at radius 3 is 2.52 bits per heavy atom. The predicted molar refractivity (Wildman–Crippen MR) is 81.5 cm³/mol. The molecule has 0 aliphatic rings. The lowest BCUT2D eigenvalue weighted by Gasteiger charge is -2.14. The highest BCUT2D eigenvalue weighted by Gasteiger charge is 2.09. The average Bonchev–Trinajstić information content (AvgIpc) is 2.54. The van der Waals surface area contributed by atoms with Crippen LogP contribution >= 0.6 is 0 Å². The maximum Gasteiger partial charge on any atom is 0.258 e. The van der Waals surface area contributed by atoms with Gasteiger partial charge in [-0.1, -0.05) is 36.4 Å². The predicted octanol–water partition coefficient (Wildman–Crippen LogP) is 2.95. The van der Waals surface area contributed by atoms with E-state index in [1.807, 2.05) is 49.4 Å². The summed E-state index contributed by atoms with van der Waals surface area (Å²) >= 11 is 0. The largest absolute Gasteiger partial charge is 0.497 e. The van der Waals surface area contributed by atoms with E-state index >= 15 is 0 Å². The molecule has 0 radical (unpaired) electrons. The summed E-state index contributed by atoms with van der Waals surface area (Å²) in [5, 5.41) is 2.90. The van der Waals surface area contributed by atoms with Crippen molar-refractivity contribution in [1.82, 2.24) is 5.32 Å². The SMILES string of the molecule is COc1cccc(OCC(=O)NC(C)c2ccccc2)c1. The second-order valence-corrected chi connectivity index (χ2v) is 4.67. The maximum atomic E-state index is 11.9. The van der Waals surface area contributed by atoms with Crippen molar-refractivity contribution in [3.63, 3.8) is 0 Å². The van der Waals surface area contributed by atoms with E-state index in [2.05, 4.69) is 5.32 Å². The molecule has 0 bridgehead atoms. The number of rotatable bonds is 6. The average molecular weight is 285 g/mol. The van der Waals surface area contributed by atoms with Crippen LogP contribution in [-0.4, -0.2) is 19.6 Å². The topological polar surface area (TPSA) is 47.6 Å². The first kappa shape index (κ1) is 14.9. The van der Waals surface area contributed by atoms with Gasteiger partial charge in [-0.05, 0) is 24.6 Å². The van der Waals surface area contributed by atoms with Crippen molar-refractivity contribution in [3.8, 4) is 11.5 Å². The van der Waals surface area contributed by atoms with Crippen LogP contribution in [-0.2, 0) is 4.79 Å². The van der Waals surface area contributed by atoms with Gasteiger partial charge in [0.05, 0.1) is 13.2 Å². The molecule has 2 rings (SSSR count). The molecule has 1 atom stereocenters. The minimum atomic E-state index is -0.158. The summed E-state index contributed by atoms with van der Waals surface area (Å²) in [5.41, 5.74) is 1.06. The van der Waals surface area contributed by atoms with E-state index in [1.54, 1.807) is 19.2 Å². The second kappa shape index (κ2) is 7.33. The highest BCUT2D eigenvalue weighted by Crippen LogP contribution is 2.18. The Morgan fingerprint density at radius 2 is 1.81 bits per heavy atom. The zero-order chi connectivity index (χ0) is 15.1. The Bertz CT molecular complexity index is 584. The normalized spacial score (nSPS) is 11.5. The fourth-order valence-electron chi connectivity index (χ4n) is 1.95. The second-order valence-electron chi connectivity index (χ2n) is 4.67. The Hall–Kier alpha value is -2.49. The standard InChI is InChI=1S/C17H19NO3/c1-13(14-7-4-3-5-8-14)18-17(19)12-21-16-10-6-9-15(11-16)20-2/h3-11,13H,12H2,1-2H3,(H,18,19). The van der Waals surface area contributed by atoms with Crippen molar-refractivity contribution in [2.45, 2.75) is 13.0 Å². The van der Waals surface area contributed by atoms with Crippen LogP contribution in [0.15, 0.2) is 54.6 Å². The quantitative estimate of drug-likeness (QED) is 0.887. The van der Waals surface area contributed by atoms with Crippen molar-refractivity contribution in [2.75, 3.05) is 13.7 Å². The number of hydrogen-bond donors (Lipinski definition) is 1. The molecule has 110 valence electrons. The lowest BCUT2D eigenvalue weighted by atomic mass is 10.1. The highest BCUT2D eigenvalue weighted by molar-refractivity contribution is 5.78. The van der Waals surface area contributed by atoms with Gasteiger partial charge in [-0.25, -0.2) is 0 Å². The van der Waals surface area contributed by atoms with Crippen LogP contribution in [0.25, 0.3) is 0 Å². The van der Waals surface area contributed by atoms with Gasteiger partial charge < -0.3 is 14.8 Å². The fourth-order valence-corrected chi connectivity index (χ4v) is 1.95. The van der Waals surface area contributed by atoms with E-state index in [4.69, 9.17) is 9.47 Å². The summed E-state index contributed by atoms with van der Waals surface area (Å²) < 4.78 is 10.6. The molecule has 1 amide bonds. The van der Waals surface area contributed by atoms with Crippen molar-refractivity contribution in [1.29, 1.82) is 0 Å². The van der Waals surface area contributed by atoms with E-state index in [-0.39, 0.29) is 18.6 Å². The number of benzene rings is 2. The molecular formula is C17H19NO3. The van der Waals surface area contributed by atoms with Gasteiger partial charge in [-0.15, -0.1) is 0 Å². The molecule has 21 heavy (non-hydrogen) atoms. The molecule has 2 aromatic rings. The molecular weight excluding hydrogens is 266 g/mol. The monoisotopic (exact) mass is 285 g/mol. The first-order chi connectivity index (χ1) is 10.2. The van der Waals surface area contributed by atoms with Gasteiger partial charge in [-0.3, -0.25) is 4.79 Å². The molecule has 1 N–H and O–H groups in total. The number of carbonyl (C=O) groups excluding carboxylic acids is 1. The zero-order valence-electron chi connectivity index (χ0n) is 12.2. The van der Waals surface area contributed by atoms with E-state index in [0.29, 0.717) is 11.5 Å². The van der Waals surface area contributed by atoms with Crippen LogP contribution in [0.4, 0.5) is 0 Å². The molecule has 0 aromatic heterocycles. The summed E-state index contributed by atoms with van der Waals surface area (Å²) in [5.74, 6) is 1.15. The highest BCUT2D eigenvalue weighted by atomic mass is 16.5. The van der Waals surface area contributed by atoms with E-state index in [1.165, 1.54) is 0 Å². The molecule has 1 unspecified atom stereocenters. The van der Waals surface area contributed by atoms with Crippen LogP contribution in [0.5, 0.6) is 11.5 Å². The number of hydrogen-bond acceptors (Lipinski definition) is 3. The van der Waals surface area contributed by atoms with E-state index in [0.717, 1.165) is 5.56 Å². The van der Waals surface area contributed by atoms with Crippen LogP contribution in [0.1, 0.15) is 18.5 Å². The van der Waals surface area contributed by atoms with Crippen LogP contribution in [0, 0.1) is 0 Å². The number of carbonyl (C=O) groups is 1. The number of amides is 1. The van der Waals surface area contributed by atoms with Gasteiger partial charge in [0.25, 0.3) is 5.91 Å². The molecule has 0 saturated carbocycles. The minimum absolute atomic E-state index is 0.0235. The van der Waals surface area contributed by atoms with Crippen LogP contribution in [0.3, 0.4) is 0 Å². The third kappa shape index (κ3) is 4.53. The third-order valence-electron chi connectivity index (χ3n) is 3.09. The lowest BCUT2D eigenvalue weighted by Crippen LogP contribution is -2.31. The van der Waals surface area contributed by atoms with Gasteiger partial charge in [-0.2, -0.15) is 0 Å². The third-order valence-corrected chi connectivity index (χ3v) is 3.09. The summed E-state index contributed by atoms with van der Waals surface area (Å²) in [7, 11) is 1.59. The molecule has 2 aromatic carbocycles. The number of ether oxygens (including phenoxy) is 2. The van der Waals surface area contributed by atoms with E-state index < -0.39 is 0 Å². The summed E-state index contributed by atoms with van der Waals surface area (Å²) in [4.78, 5) is 11.9. The zero-order valence-corrected chi connectivity index (χ0v) is 12.2. The number of nitrogens with one attached hydrogen (secondary N) is 1. The molecule has 0 aliphatic carbocycles.